The van der Waals surface area contributed by atoms with Crippen LogP contribution in [0, 0.1) is 6.92 Å². The van der Waals surface area contributed by atoms with E-state index in [1.54, 1.807) is 6.92 Å². The first kappa shape index (κ1) is 20.3. The lowest BCUT2D eigenvalue weighted by Gasteiger charge is -2.32. The van der Waals surface area contributed by atoms with Gasteiger partial charge in [0, 0.05) is 5.02 Å². The van der Waals surface area contributed by atoms with E-state index in [4.69, 9.17) is 16.3 Å². The normalized spacial score (nSPS) is 21.0. The molecule has 0 spiro atoms. The number of benzene rings is 1. The van der Waals surface area contributed by atoms with Crippen LogP contribution in [0.1, 0.15) is 12.0 Å². The number of ether oxygens (including phenoxy) is 1. The number of alkyl halides is 6. The largest absolute Gasteiger partial charge is 0.484 e. The summed E-state index contributed by atoms with van der Waals surface area (Å²) in [6.07, 6.45) is -12.7. The third-order valence-electron chi connectivity index (χ3n) is 3.49. The van der Waals surface area contributed by atoms with Crippen molar-refractivity contribution in [3.63, 3.8) is 0 Å². The maximum Gasteiger partial charge on any atom is 0.438 e. The van der Waals surface area contributed by atoms with E-state index in [1.165, 1.54) is 18.2 Å². The Balaban J connectivity index is 2.22. The zero-order valence-electron chi connectivity index (χ0n) is 13.0. The van der Waals surface area contributed by atoms with Crippen LogP contribution in [0.4, 0.5) is 26.3 Å². The maximum atomic E-state index is 13.0. The first-order valence-corrected chi connectivity index (χ1v) is 7.29. The van der Waals surface area contributed by atoms with Crippen molar-refractivity contribution in [3.8, 4) is 5.75 Å². The van der Waals surface area contributed by atoms with Gasteiger partial charge in [0.25, 0.3) is 11.6 Å². The summed E-state index contributed by atoms with van der Waals surface area (Å²) in [7, 11) is 0. The Labute approximate surface area is 147 Å². The monoisotopic (exact) mass is 404 g/mol. The third-order valence-corrected chi connectivity index (χ3v) is 3.92. The summed E-state index contributed by atoms with van der Waals surface area (Å²) in [6, 6.07) is 4.09. The first-order valence-electron chi connectivity index (χ1n) is 6.91. The van der Waals surface area contributed by atoms with E-state index in [1.807, 2.05) is 0 Å². The molecule has 2 rings (SSSR count). The van der Waals surface area contributed by atoms with Crippen LogP contribution in [0.3, 0.4) is 0 Å². The van der Waals surface area contributed by atoms with E-state index >= 15 is 0 Å². The number of halogens is 7. The predicted molar refractivity (Wildman–Crippen MR) is 77.6 cm³/mol. The molecule has 0 saturated heterocycles. The third kappa shape index (κ3) is 3.88. The average molecular weight is 405 g/mol. The molecule has 1 aromatic carbocycles. The highest BCUT2D eigenvalue weighted by molar-refractivity contribution is 6.31. The van der Waals surface area contributed by atoms with Gasteiger partial charge in [-0.1, -0.05) is 11.6 Å². The molecule has 5 nitrogen and oxygen atoms in total. The number of nitrogens with zero attached hydrogens (tertiary/aromatic N) is 2. The molecule has 26 heavy (non-hydrogen) atoms. The van der Waals surface area contributed by atoms with Gasteiger partial charge in [0.2, 0.25) is 0 Å². The van der Waals surface area contributed by atoms with Crippen LogP contribution in [0.25, 0.3) is 0 Å². The van der Waals surface area contributed by atoms with Gasteiger partial charge < -0.3 is 9.84 Å². The Morgan fingerprint density at radius 3 is 2.46 bits per heavy atom. The van der Waals surface area contributed by atoms with Crippen LogP contribution in [-0.4, -0.2) is 46.4 Å². The highest BCUT2D eigenvalue weighted by Crippen LogP contribution is 2.43. The van der Waals surface area contributed by atoms with E-state index in [2.05, 4.69) is 5.10 Å². The number of hydrazone groups is 1. The van der Waals surface area contributed by atoms with Crippen molar-refractivity contribution in [3.05, 3.63) is 28.8 Å². The second kappa shape index (κ2) is 6.62. The molecule has 0 bridgehead atoms. The quantitative estimate of drug-likeness (QED) is 0.785. The van der Waals surface area contributed by atoms with Crippen LogP contribution in [0.15, 0.2) is 23.3 Å². The molecule has 0 unspecified atom stereocenters. The molecule has 0 aliphatic carbocycles. The van der Waals surface area contributed by atoms with Crippen LogP contribution < -0.4 is 4.74 Å². The van der Waals surface area contributed by atoms with Gasteiger partial charge in [-0.15, -0.1) is 0 Å². The number of rotatable bonds is 3. The van der Waals surface area contributed by atoms with Crippen molar-refractivity contribution >= 4 is 23.2 Å². The highest BCUT2D eigenvalue weighted by atomic mass is 35.5. The maximum absolute atomic E-state index is 13.0. The van der Waals surface area contributed by atoms with Crippen LogP contribution in [-0.2, 0) is 4.79 Å². The summed E-state index contributed by atoms with van der Waals surface area (Å²) in [5.41, 5.74) is -5.48. The molecule has 12 heteroatoms. The Hall–Kier alpha value is -2.01. The minimum Gasteiger partial charge on any atom is -0.484 e. The van der Waals surface area contributed by atoms with Gasteiger partial charge in [0.1, 0.15) is 11.5 Å². The number of hydrogen-bond acceptors (Lipinski definition) is 4. The van der Waals surface area contributed by atoms with Crippen molar-refractivity contribution in [2.45, 2.75) is 31.4 Å². The molecule has 1 aliphatic heterocycles. The number of aliphatic hydroxyl groups is 1. The molecule has 144 valence electrons. The number of amides is 1. The lowest BCUT2D eigenvalue weighted by Crippen LogP contribution is -2.57. The number of hydrogen-bond donors (Lipinski definition) is 1. The molecule has 0 aromatic heterocycles. The van der Waals surface area contributed by atoms with E-state index in [0.29, 0.717) is 10.6 Å². The van der Waals surface area contributed by atoms with E-state index in [0.717, 1.165) is 0 Å². The predicted octanol–water partition coefficient (Wildman–Crippen LogP) is 3.43. The molecule has 1 aliphatic rings. The SMILES string of the molecule is Cc1cc(OCC(=O)N2N=C(C(F)(F)F)C[C@]2(O)C(F)(F)F)ccc1Cl. The van der Waals surface area contributed by atoms with Gasteiger partial charge in [0.15, 0.2) is 6.61 Å². The van der Waals surface area contributed by atoms with Crippen molar-refractivity contribution in [1.82, 2.24) is 5.01 Å². The topological polar surface area (TPSA) is 62.1 Å². The van der Waals surface area contributed by atoms with Gasteiger partial charge in [-0.2, -0.15) is 36.5 Å². The van der Waals surface area contributed by atoms with Gasteiger partial charge >= 0.3 is 12.4 Å². The van der Waals surface area contributed by atoms with E-state index in [9.17, 15) is 36.2 Å². The Morgan fingerprint density at radius 2 is 1.96 bits per heavy atom. The van der Waals surface area contributed by atoms with Crippen LogP contribution >= 0.6 is 11.6 Å². The Kier molecular flexibility index (Phi) is 5.17. The second-order valence-electron chi connectivity index (χ2n) is 5.44. The fraction of sp³-hybridized carbons (Fsp3) is 0.429. The molecule has 0 fully saturated rings. The fourth-order valence-corrected chi connectivity index (χ4v) is 2.22. The average Bonchev–Trinajstić information content (AvgIpc) is 2.87. The van der Waals surface area contributed by atoms with Gasteiger partial charge in [-0.05, 0) is 30.7 Å². The molecule has 0 saturated carbocycles. The van der Waals surface area contributed by atoms with Crippen LogP contribution in [0.2, 0.25) is 5.02 Å². The first-order chi connectivity index (χ1) is 11.8. The number of carbonyl (C=O) groups is 1. The number of aryl methyl sites for hydroxylation is 1. The summed E-state index contributed by atoms with van der Waals surface area (Å²) in [6.45, 7) is 0.522. The molecular weight excluding hydrogens is 394 g/mol. The summed E-state index contributed by atoms with van der Waals surface area (Å²) < 4.78 is 82.1. The molecule has 1 heterocycles. The summed E-state index contributed by atoms with van der Waals surface area (Å²) in [4.78, 5) is 11.9. The molecule has 0 radical (unpaired) electrons. The lowest BCUT2D eigenvalue weighted by atomic mass is 10.1. The van der Waals surface area contributed by atoms with E-state index < -0.39 is 47.7 Å². The molecule has 1 N–H and O–H groups in total. The Morgan fingerprint density at radius 1 is 1.35 bits per heavy atom. The van der Waals surface area contributed by atoms with Crippen molar-refractivity contribution in [1.29, 1.82) is 0 Å². The summed E-state index contributed by atoms with van der Waals surface area (Å²) in [5, 5.41) is 12.0. The Bertz CT molecular complexity index is 749. The minimum absolute atomic E-state index is 0.0509. The van der Waals surface area contributed by atoms with Crippen molar-refractivity contribution in [2.75, 3.05) is 6.61 Å². The fourth-order valence-electron chi connectivity index (χ4n) is 2.10. The summed E-state index contributed by atoms with van der Waals surface area (Å²) in [5.74, 6) is -1.55. The zero-order chi connectivity index (χ0) is 19.9. The highest BCUT2D eigenvalue weighted by Gasteiger charge is 2.66. The van der Waals surface area contributed by atoms with Gasteiger partial charge in [-0.3, -0.25) is 4.79 Å². The van der Waals surface area contributed by atoms with Gasteiger partial charge in [-0.25, -0.2) is 0 Å². The standard InChI is InChI=1S/C14H11ClF6N2O3/c1-7-4-8(2-3-9(7)15)26-6-11(24)23-12(25,14(19,20)21)5-10(22-23)13(16,17)18/h2-4,25H,5-6H2,1H3/t12-/m0/s1. The number of carbonyl (C=O) groups excluding carboxylic acids is 1. The second-order valence-corrected chi connectivity index (χ2v) is 5.85. The molecular formula is C14H11ClF6N2O3. The van der Waals surface area contributed by atoms with Crippen molar-refractivity contribution in [2.24, 2.45) is 5.10 Å². The van der Waals surface area contributed by atoms with Crippen LogP contribution in [0.5, 0.6) is 5.75 Å². The van der Waals surface area contributed by atoms with Crippen molar-refractivity contribution < 1.29 is 41.0 Å². The zero-order valence-corrected chi connectivity index (χ0v) is 13.7. The lowest BCUT2D eigenvalue weighted by molar-refractivity contribution is -0.302. The smallest absolute Gasteiger partial charge is 0.438 e. The molecule has 1 atom stereocenters. The van der Waals surface area contributed by atoms with Gasteiger partial charge in [0.05, 0.1) is 6.42 Å². The molecule has 1 aromatic rings. The summed E-state index contributed by atoms with van der Waals surface area (Å²) >= 11 is 5.78. The minimum atomic E-state index is -5.56. The van der Waals surface area contributed by atoms with E-state index in [-0.39, 0.29) is 5.75 Å². The molecule has 1 amide bonds.